The van der Waals surface area contributed by atoms with E-state index in [4.69, 9.17) is 0 Å². The molecule has 3 radical (unpaired) electrons. The zero-order valence-electron chi connectivity index (χ0n) is 3.36. The first-order valence-corrected chi connectivity index (χ1v) is 2.58. The Morgan fingerprint density at radius 2 is 1.86 bits per heavy atom. The van der Waals surface area contributed by atoms with Gasteiger partial charge in [0.15, 0.2) is 0 Å². The van der Waals surface area contributed by atoms with Gasteiger partial charge in [0, 0.05) is 33.6 Å². The number of hydrogen-bond acceptors (Lipinski definition) is 1. The van der Waals surface area contributed by atoms with Crippen LogP contribution in [-0.2, 0) is 38.4 Å². The average molecular weight is 288 g/mol. The number of rotatable bonds is 1. The Kier molecular flexibility index (Phi) is 23.0. The molecule has 1 nitrogen and oxygen atoms in total. The first-order valence-electron chi connectivity index (χ1n) is 1.15. The molecule has 0 aromatic carbocycles. The molecule has 0 aromatic rings. The first-order chi connectivity index (χ1) is 2.27. The van der Waals surface area contributed by atoms with Crippen molar-refractivity contribution >= 4 is 26.3 Å². The number of hydrogen-bond donors (Lipinski definition) is 0. The van der Waals surface area contributed by atoms with Gasteiger partial charge in [-0.25, -0.2) is 0 Å². The van der Waals surface area contributed by atoms with Crippen molar-refractivity contribution in [3.05, 3.63) is 12.7 Å². The minimum atomic E-state index is 0. The molecule has 0 saturated carbocycles. The minimum Gasteiger partial charge on any atom is 0 e. The maximum Gasteiger partial charge on any atom is 0 e. The molecule has 0 amide bonds. The van der Waals surface area contributed by atoms with Crippen molar-refractivity contribution in [1.29, 1.82) is 0 Å². The summed E-state index contributed by atoms with van der Waals surface area (Å²) in [5.41, 5.74) is 0. The molecule has 7 heavy (non-hydrogen) atoms. The van der Waals surface area contributed by atoms with Crippen LogP contribution in [0.25, 0.3) is 0 Å². The largest absolute Gasteiger partial charge is 0 e. The Bertz CT molecular complexity index is 66.0. The molecule has 0 aliphatic rings. The number of allylic oxidation sites excluding steroid dienone is 1. The van der Waals surface area contributed by atoms with Crippen LogP contribution in [-0.4, -0.2) is 26.3 Å². The van der Waals surface area contributed by atoms with Crippen LogP contribution in [0.3, 0.4) is 0 Å². The van der Waals surface area contributed by atoms with E-state index < -0.39 is 0 Å². The summed E-state index contributed by atoms with van der Waals surface area (Å²) in [6.07, 6.45) is 1.32. The Balaban J connectivity index is -0.0000000800. The van der Waals surface area contributed by atoms with E-state index in [0.717, 1.165) is 22.5 Å². The third-order valence-electron chi connectivity index (χ3n) is 0.185. The third-order valence-corrected chi connectivity index (χ3v) is 0.768. The van der Waals surface area contributed by atoms with Crippen molar-refractivity contribution in [2.24, 2.45) is 0 Å². The maximum absolute atomic E-state index is 9.73. The Morgan fingerprint density at radius 3 is 1.86 bits per heavy atom. The van der Waals surface area contributed by atoms with Crippen LogP contribution in [0.2, 0.25) is 0 Å². The summed E-state index contributed by atoms with van der Waals surface area (Å²) in [5.74, 6) is 0. The van der Waals surface area contributed by atoms with E-state index in [9.17, 15) is 4.79 Å². The molecule has 0 bridgehead atoms. The molecule has 0 saturated heterocycles. The second kappa shape index (κ2) is 10.3. The van der Waals surface area contributed by atoms with E-state index in [1.807, 2.05) is 0 Å². The molecule has 0 aliphatic carbocycles. The van der Waals surface area contributed by atoms with Crippen molar-refractivity contribution < 1.29 is 38.4 Å². The molecule has 0 rings (SSSR count). The van der Waals surface area contributed by atoms with Crippen LogP contribution < -0.4 is 0 Å². The van der Waals surface area contributed by atoms with Gasteiger partial charge in [-0.3, -0.25) is 0 Å². The van der Waals surface area contributed by atoms with Gasteiger partial charge in [0.1, 0.15) is 0 Å². The maximum atomic E-state index is 9.73. The molecule has 0 aliphatic heterocycles. The average Bonchev–Trinajstić information content (AvgIpc) is 1.38. The predicted octanol–water partition coefficient (Wildman–Crippen LogP) is -0.137. The van der Waals surface area contributed by atoms with Gasteiger partial charge < -0.3 is 0 Å². The van der Waals surface area contributed by atoms with E-state index >= 15 is 0 Å². The summed E-state index contributed by atoms with van der Waals surface area (Å²) in [6.45, 7) is 3.23. The second-order valence-corrected chi connectivity index (χ2v) is 1.97. The van der Waals surface area contributed by atoms with Gasteiger partial charge in [0.05, 0.1) is 0 Å². The minimum absolute atomic E-state index is 0. The van der Waals surface area contributed by atoms with E-state index in [2.05, 4.69) is 6.58 Å². The predicted molar refractivity (Wildman–Crippen MR) is 21.0 cm³/mol. The summed E-state index contributed by atoms with van der Waals surface area (Å²) in [7, 11) is 0. The standard InChI is InChI=1S/C3H3O.Fe.Ni.Sn/c1-2-3-4;;;/h2H,1H2;;;. The van der Waals surface area contributed by atoms with E-state index in [0.29, 0.717) is 0 Å². The molecule has 4 heteroatoms. The molecule has 0 fully saturated rings. The second-order valence-electron chi connectivity index (χ2n) is 0.568. The first kappa shape index (κ1) is 15.7. The van der Waals surface area contributed by atoms with Gasteiger partial charge in [0.2, 0.25) is 0 Å². The Labute approximate surface area is 76.8 Å². The number of carbonyl (C=O) groups is 1. The molecular weight excluding hydrogens is 285 g/mol. The molecule has 43 valence electrons. The number of carbonyl (C=O) groups excluding carboxylic acids is 1. The van der Waals surface area contributed by atoms with E-state index in [1.165, 1.54) is 6.08 Å². The van der Waals surface area contributed by atoms with Gasteiger partial charge in [-0.2, -0.15) is 0 Å². The fraction of sp³-hybridized carbons (Fsp3) is 0. The normalized spacial score (nSPS) is 4.71. The van der Waals surface area contributed by atoms with E-state index in [1.54, 1.807) is 0 Å². The van der Waals surface area contributed by atoms with Gasteiger partial charge in [-0.1, -0.05) is 0 Å². The molecule has 0 spiro atoms. The van der Waals surface area contributed by atoms with Crippen molar-refractivity contribution in [3.63, 3.8) is 0 Å². The molecule has 0 N–H and O–H groups in total. The van der Waals surface area contributed by atoms with Crippen LogP contribution in [0.1, 0.15) is 0 Å². The van der Waals surface area contributed by atoms with Crippen LogP contribution in [0.15, 0.2) is 12.7 Å². The molecular formula is C3H3FeNiOSn. The van der Waals surface area contributed by atoms with Gasteiger partial charge in [-0.05, 0) is 0 Å². The third kappa shape index (κ3) is 19.0. The van der Waals surface area contributed by atoms with Crippen LogP contribution >= 0.6 is 0 Å². The fourth-order valence-electron chi connectivity index (χ4n) is 0. The summed E-state index contributed by atoms with van der Waals surface area (Å²) in [4.78, 5) is 9.73. The molecule has 0 heterocycles. The smallest absolute Gasteiger partial charge is 0 e. The summed E-state index contributed by atoms with van der Waals surface area (Å²) in [5, 5.41) is 0. The van der Waals surface area contributed by atoms with Gasteiger partial charge >= 0.3 is 43.8 Å². The van der Waals surface area contributed by atoms with E-state index in [-0.39, 0.29) is 37.4 Å². The Hall–Kier alpha value is 1.22. The zero-order chi connectivity index (χ0) is 4.28. The van der Waals surface area contributed by atoms with Crippen molar-refractivity contribution in [3.8, 4) is 0 Å². The molecule has 0 unspecified atom stereocenters. The van der Waals surface area contributed by atoms with Crippen molar-refractivity contribution in [2.75, 3.05) is 0 Å². The summed E-state index contributed by atoms with van der Waals surface area (Å²) in [6, 6.07) is 0. The fourth-order valence-corrected chi connectivity index (χ4v) is 0. The summed E-state index contributed by atoms with van der Waals surface area (Å²) >= 11 is 0.913. The van der Waals surface area contributed by atoms with Crippen LogP contribution in [0.5, 0.6) is 0 Å². The zero-order valence-corrected chi connectivity index (χ0v) is 8.31. The van der Waals surface area contributed by atoms with Crippen molar-refractivity contribution in [2.45, 2.75) is 0 Å². The Morgan fingerprint density at radius 1 is 1.71 bits per heavy atom. The van der Waals surface area contributed by atoms with Gasteiger partial charge in [-0.15, -0.1) is 0 Å². The SMILES string of the molecule is C=C[C](=O)[Sn].[Fe].[Ni]. The van der Waals surface area contributed by atoms with Crippen LogP contribution in [0, 0.1) is 0 Å². The topological polar surface area (TPSA) is 17.1 Å². The quantitative estimate of drug-likeness (QED) is 0.485. The monoisotopic (exact) mass is 289 g/mol. The summed E-state index contributed by atoms with van der Waals surface area (Å²) < 4.78 is 0.109. The van der Waals surface area contributed by atoms with Crippen LogP contribution in [0.4, 0.5) is 0 Å². The van der Waals surface area contributed by atoms with Gasteiger partial charge in [0.25, 0.3) is 0 Å². The molecule has 0 aromatic heterocycles. The molecule has 0 atom stereocenters. The van der Waals surface area contributed by atoms with Crippen molar-refractivity contribution in [1.82, 2.24) is 0 Å².